The van der Waals surface area contributed by atoms with Gasteiger partial charge in [0.25, 0.3) is 11.8 Å². The van der Waals surface area contributed by atoms with Gasteiger partial charge in [0.1, 0.15) is 24.1 Å². The van der Waals surface area contributed by atoms with E-state index in [1.807, 2.05) is 18.4 Å². The Balaban J connectivity index is 1.29. The number of nitrogens with one attached hydrogen (secondary N) is 1. The molecule has 2 aliphatic rings. The summed E-state index contributed by atoms with van der Waals surface area (Å²) in [5.74, 6) is 5.44. The molecule has 0 saturated carbocycles. The number of aryl methyl sites for hydroxylation is 1. The first-order chi connectivity index (χ1) is 17.3. The van der Waals surface area contributed by atoms with Crippen molar-refractivity contribution in [3.8, 4) is 17.6 Å². The molecule has 1 aromatic carbocycles. The second kappa shape index (κ2) is 9.70. The maximum absolute atomic E-state index is 13.2. The van der Waals surface area contributed by atoms with Crippen molar-refractivity contribution < 1.29 is 24.2 Å². The van der Waals surface area contributed by atoms with Crippen LogP contribution < -0.4 is 15.0 Å². The van der Waals surface area contributed by atoms with Crippen LogP contribution in [0.25, 0.3) is 0 Å². The third-order valence-corrected chi connectivity index (χ3v) is 6.71. The van der Waals surface area contributed by atoms with E-state index in [0.717, 1.165) is 16.3 Å². The zero-order valence-electron chi connectivity index (χ0n) is 19.8. The highest BCUT2D eigenvalue weighted by Gasteiger charge is 2.34. The first-order valence-corrected chi connectivity index (χ1v) is 12.2. The van der Waals surface area contributed by atoms with E-state index in [0.29, 0.717) is 23.4 Å². The average molecular weight is 505 g/mol. The molecule has 1 atom stereocenters. The van der Waals surface area contributed by atoms with Crippen molar-refractivity contribution in [2.75, 3.05) is 31.8 Å². The molecule has 3 aromatic rings. The molecule has 0 radical (unpaired) electrons. The van der Waals surface area contributed by atoms with Gasteiger partial charge in [0, 0.05) is 30.6 Å². The summed E-state index contributed by atoms with van der Waals surface area (Å²) in [6.45, 7) is 2.28. The van der Waals surface area contributed by atoms with Crippen LogP contribution >= 0.6 is 11.3 Å². The fourth-order valence-electron chi connectivity index (χ4n) is 3.87. The summed E-state index contributed by atoms with van der Waals surface area (Å²) in [5.41, 5.74) is 2.06. The van der Waals surface area contributed by atoms with Gasteiger partial charge < -0.3 is 24.8 Å². The predicted octanol–water partition coefficient (Wildman–Crippen LogP) is 1.70. The van der Waals surface area contributed by atoms with Crippen LogP contribution in [-0.2, 0) is 16.0 Å². The molecule has 0 aliphatic carbocycles. The Labute approximate surface area is 212 Å². The second-order valence-electron chi connectivity index (χ2n) is 8.78. The predicted molar refractivity (Wildman–Crippen MR) is 133 cm³/mol. The first kappa shape index (κ1) is 23.9. The number of carbonyl (C=O) groups is 2. The third kappa shape index (κ3) is 5.09. The van der Waals surface area contributed by atoms with Crippen molar-refractivity contribution in [2.24, 2.45) is 0 Å². The van der Waals surface area contributed by atoms with E-state index in [2.05, 4.69) is 27.1 Å². The van der Waals surface area contributed by atoms with Gasteiger partial charge in [-0.25, -0.2) is 4.98 Å². The molecule has 10 heteroatoms. The fraction of sp³-hybridized carbons (Fsp3) is 0.308. The number of benzene rings is 1. The van der Waals surface area contributed by atoms with Gasteiger partial charge >= 0.3 is 0 Å². The Bertz CT molecular complexity index is 1390. The van der Waals surface area contributed by atoms with Crippen molar-refractivity contribution in [2.45, 2.75) is 25.0 Å². The SMILES string of the molecule is Cc1nc(Cc2ccnc(C(=O)N[C@H]3COc4ccc(C#CC5(O)COC5)cc4N(C)C3=O)c2)cs1. The number of ether oxygens (including phenoxy) is 2. The van der Waals surface area contributed by atoms with Gasteiger partial charge in [-0.2, -0.15) is 0 Å². The highest BCUT2D eigenvalue weighted by molar-refractivity contribution is 7.09. The van der Waals surface area contributed by atoms with Crippen LogP contribution in [0.4, 0.5) is 5.69 Å². The van der Waals surface area contributed by atoms with Gasteiger partial charge in [0.15, 0.2) is 5.60 Å². The monoisotopic (exact) mass is 504 g/mol. The van der Waals surface area contributed by atoms with Crippen LogP contribution in [0.5, 0.6) is 5.75 Å². The summed E-state index contributed by atoms with van der Waals surface area (Å²) >= 11 is 1.58. The lowest BCUT2D eigenvalue weighted by Crippen LogP contribution is -2.49. The largest absolute Gasteiger partial charge is 0.489 e. The minimum absolute atomic E-state index is 0.0260. The molecule has 2 amide bonds. The number of anilines is 1. The number of likely N-dealkylation sites (N-methyl/N-ethyl adjacent to an activating group) is 1. The molecule has 5 rings (SSSR count). The number of thiazole rings is 1. The molecule has 184 valence electrons. The molecule has 1 saturated heterocycles. The average Bonchev–Trinajstić information content (AvgIpc) is 3.23. The van der Waals surface area contributed by atoms with Crippen molar-refractivity contribution in [3.63, 3.8) is 0 Å². The highest BCUT2D eigenvalue weighted by atomic mass is 32.1. The zero-order chi connectivity index (χ0) is 25.3. The topological polar surface area (TPSA) is 114 Å². The molecule has 0 spiro atoms. The molecule has 4 heterocycles. The number of amides is 2. The standard InChI is InChI=1S/C26H24N4O5S/c1-16-28-19(13-36-16)9-18-6-8-27-20(10-18)24(31)29-21-12-35-23-4-3-17(5-7-26(33)14-34-15-26)11-22(23)30(2)25(21)32/h3-4,6,8,10-11,13,21,33H,9,12,14-15H2,1-2H3,(H,29,31)/t21-/m0/s1. The smallest absolute Gasteiger partial charge is 0.270 e. The van der Waals surface area contributed by atoms with Crippen molar-refractivity contribution >= 4 is 28.8 Å². The lowest BCUT2D eigenvalue weighted by atomic mass is 10.0. The van der Waals surface area contributed by atoms with Crippen molar-refractivity contribution in [3.05, 3.63) is 69.4 Å². The molecule has 2 aromatic heterocycles. The van der Waals surface area contributed by atoms with Crippen LogP contribution in [0.1, 0.15) is 32.3 Å². The molecule has 0 bridgehead atoms. The van der Waals surface area contributed by atoms with E-state index >= 15 is 0 Å². The summed E-state index contributed by atoms with van der Waals surface area (Å²) in [6.07, 6.45) is 2.16. The molecule has 2 aliphatic heterocycles. The van der Waals surface area contributed by atoms with Crippen molar-refractivity contribution in [1.82, 2.24) is 15.3 Å². The summed E-state index contributed by atoms with van der Waals surface area (Å²) < 4.78 is 10.9. The zero-order valence-corrected chi connectivity index (χ0v) is 20.6. The van der Waals surface area contributed by atoms with Gasteiger partial charge in [0.2, 0.25) is 0 Å². The third-order valence-electron chi connectivity index (χ3n) is 5.89. The number of hydrogen-bond acceptors (Lipinski definition) is 8. The van der Waals surface area contributed by atoms with Crippen LogP contribution in [0.15, 0.2) is 41.9 Å². The number of hydrogen-bond donors (Lipinski definition) is 2. The Morgan fingerprint density at radius 2 is 2.17 bits per heavy atom. The molecule has 0 unspecified atom stereocenters. The number of rotatable bonds is 4. The van der Waals surface area contributed by atoms with Gasteiger partial charge in [-0.15, -0.1) is 11.3 Å². The van der Waals surface area contributed by atoms with E-state index in [4.69, 9.17) is 9.47 Å². The van der Waals surface area contributed by atoms with E-state index in [9.17, 15) is 14.7 Å². The highest BCUT2D eigenvalue weighted by Crippen LogP contribution is 2.31. The van der Waals surface area contributed by atoms with Crippen LogP contribution in [-0.4, -0.2) is 65.4 Å². The lowest BCUT2D eigenvalue weighted by Gasteiger charge is -2.30. The normalized spacial score (nSPS) is 18.1. The van der Waals surface area contributed by atoms with Gasteiger partial charge in [0.05, 0.1) is 29.6 Å². The van der Waals surface area contributed by atoms with Crippen LogP contribution in [0.3, 0.4) is 0 Å². The molecule has 2 N–H and O–H groups in total. The minimum atomic E-state index is -1.13. The fourth-order valence-corrected chi connectivity index (χ4v) is 4.49. The summed E-state index contributed by atoms with van der Waals surface area (Å²) in [7, 11) is 1.62. The number of fused-ring (bicyclic) bond motifs is 1. The summed E-state index contributed by atoms with van der Waals surface area (Å²) in [5, 5.41) is 15.8. The number of nitrogens with zero attached hydrogens (tertiary/aromatic N) is 3. The number of aliphatic hydroxyl groups is 1. The van der Waals surface area contributed by atoms with E-state index in [1.54, 1.807) is 48.8 Å². The van der Waals surface area contributed by atoms with E-state index in [-0.39, 0.29) is 31.4 Å². The molecule has 9 nitrogen and oxygen atoms in total. The Morgan fingerprint density at radius 1 is 1.33 bits per heavy atom. The maximum Gasteiger partial charge on any atom is 0.270 e. The lowest BCUT2D eigenvalue weighted by molar-refractivity contribution is -0.140. The van der Waals surface area contributed by atoms with E-state index in [1.165, 1.54) is 4.90 Å². The first-order valence-electron chi connectivity index (χ1n) is 11.3. The second-order valence-corrected chi connectivity index (χ2v) is 9.84. The number of aromatic nitrogens is 2. The Morgan fingerprint density at radius 3 is 2.89 bits per heavy atom. The van der Waals surface area contributed by atoms with E-state index < -0.39 is 17.6 Å². The molecular formula is C26H24N4O5S. The molecule has 36 heavy (non-hydrogen) atoms. The number of carbonyl (C=O) groups excluding carboxylic acids is 2. The minimum Gasteiger partial charge on any atom is -0.489 e. The van der Waals surface area contributed by atoms with Crippen LogP contribution in [0.2, 0.25) is 0 Å². The van der Waals surface area contributed by atoms with Gasteiger partial charge in [-0.3, -0.25) is 14.6 Å². The molecular weight excluding hydrogens is 480 g/mol. The van der Waals surface area contributed by atoms with Gasteiger partial charge in [-0.05, 0) is 42.8 Å². The van der Waals surface area contributed by atoms with Gasteiger partial charge in [-0.1, -0.05) is 11.8 Å². The molecule has 1 fully saturated rings. The quantitative estimate of drug-likeness (QED) is 0.520. The van der Waals surface area contributed by atoms with Crippen molar-refractivity contribution in [1.29, 1.82) is 0 Å². The Kier molecular flexibility index (Phi) is 6.45. The number of pyridine rings is 1. The summed E-state index contributed by atoms with van der Waals surface area (Å²) in [4.78, 5) is 36.2. The Hall–Kier alpha value is -3.78. The maximum atomic E-state index is 13.2. The van der Waals surface area contributed by atoms with Crippen LogP contribution in [0, 0.1) is 18.8 Å². The summed E-state index contributed by atoms with van der Waals surface area (Å²) in [6, 6.07) is 7.84.